The van der Waals surface area contributed by atoms with Gasteiger partial charge in [0.1, 0.15) is 0 Å². The van der Waals surface area contributed by atoms with Crippen LogP contribution < -0.4 is 0 Å². The Morgan fingerprint density at radius 3 is 2.53 bits per heavy atom. The monoisotopic (exact) mass is 236 g/mol. The Kier molecular flexibility index (Phi) is 1.92. The van der Waals surface area contributed by atoms with Crippen LogP contribution in [0.15, 0.2) is 36.4 Å². The van der Waals surface area contributed by atoms with Crippen molar-refractivity contribution in [1.82, 2.24) is 9.97 Å². The molecular weight excluding hydrogens is 229 g/mol. The zero-order valence-corrected chi connectivity index (χ0v) is 8.55. The van der Waals surface area contributed by atoms with Crippen molar-refractivity contribution >= 4 is 21.8 Å². The van der Waals surface area contributed by atoms with Crippen molar-refractivity contribution in [3.63, 3.8) is 0 Å². The molecule has 0 amide bonds. The molecule has 0 saturated carbocycles. The normalized spacial score (nSPS) is 12.4. The Labute approximate surface area is 94.1 Å². The highest BCUT2D eigenvalue weighted by molar-refractivity contribution is 6.04. The van der Waals surface area contributed by atoms with E-state index < -0.39 is 12.0 Å². The minimum atomic E-state index is -4.44. The highest BCUT2D eigenvalue weighted by Gasteiger charge is 2.34. The summed E-state index contributed by atoms with van der Waals surface area (Å²) in [5.41, 5.74) is 0.756. The number of benzene rings is 2. The number of H-pyrrole nitrogens is 1. The summed E-state index contributed by atoms with van der Waals surface area (Å²) >= 11 is 0. The first kappa shape index (κ1) is 10.1. The molecule has 5 heteroatoms. The molecule has 1 heterocycles. The molecule has 3 aromatic rings. The van der Waals surface area contributed by atoms with Crippen LogP contribution >= 0.6 is 0 Å². The van der Waals surface area contributed by atoms with E-state index in [9.17, 15) is 13.2 Å². The zero-order chi connectivity index (χ0) is 12.0. The van der Waals surface area contributed by atoms with Crippen molar-refractivity contribution in [1.29, 1.82) is 0 Å². The second kappa shape index (κ2) is 3.23. The van der Waals surface area contributed by atoms with E-state index in [1.165, 1.54) is 0 Å². The highest BCUT2D eigenvalue weighted by Crippen LogP contribution is 2.31. The van der Waals surface area contributed by atoms with Gasteiger partial charge in [0.05, 0.1) is 11.0 Å². The van der Waals surface area contributed by atoms with Gasteiger partial charge in [0.2, 0.25) is 5.82 Å². The van der Waals surface area contributed by atoms with Crippen molar-refractivity contribution in [2.75, 3.05) is 0 Å². The van der Waals surface area contributed by atoms with Crippen LogP contribution in [0.5, 0.6) is 0 Å². The van der Waals surface area contributed by atoms with Gasteiger partial charge >= 0.3 is 6.18 Å². The number of hydrogen-bond donors (Lipinski definition) is 1. The number of rotatable bonds is 0. The first-order valence-corrected chi connectivity index (χ1v) is 5.00. The van der Waals surface area contributed by atoms with Gasteiger partial charge in [0, 0.05) is 5.39 Å². The van der Waals surface area contributed by atoms with Gasteiger partial charge in [-0.1, -0.05) is 30.3 Å². The van der Waals surface area contributed by atoms with Crippen LogP contribution in [-0.2, 0) is 6.18 Å². The summed E-state index contributed by atoms with van der Waals surface area (Å²) < 4.78 is 37.6. The molecule has 86 valence electrons. The third-order valence-electron chi connectivity index (χ3n) is 2.65. The molecule has 0 unspecified atom stereocenters. The number of imidazole rings is 1. The molecule has 2 aromatic carbocycles. The lowest BCUT2D eigenvalue weighted by Gasteiger charge is -1.99. The fraction of sp³-hybridized carbons (Fsp3) is 0.0833. The smallest absolute Gasteiger partial charge is 0.334 e. The van der Waals surface area contributed by atoms with E-state index in [1.54, 1.807) is 24.3 Å². The summed E-state index contributed by atoms with van der Waals surface area (Å²) in [4.78, 5) is 5.92. The van der Waals surface area contributed by atoms with Crippen LogP contribution in [0.25, 0.3) is 21.8 Å². The van der Waals surface area contributed by atoms with E-state index in [2.05, 4.69) is 9.97 Å². The number of nitrogens with zero attached hydrogens (tertiary/aromatic N) is 1. The SMILES string of the molecule is FC(F)(F)c1nc2c(ccc3ccccc32)[nH]1. The molecule has 0 fully saturated rings. The second-order valence-electron chi connectivity index (χ2n) is 3.77. The summed E-state index contributed by atoms with van der Waals surface area (Å²) in [7, 11) is 0. The average Bonchev–Trinajstić information content (AvgIpc) is 2.72. The molecule has 1 N–H and O–H groups in total. The van der Waals surface area contributed by atoms with Crippen LogP contribution in [0.1, 0.15) is 5.82 Å². The largest absolute Gasteiger partial charge is 0.449 e. The Hall–Kier alpha value is -2.04. The maximum Gasteiger partial charge on any atom is 0.449 e. The zero-order valence-electron chi connectivity index (χ0n) is 8.55. The number of hydrogen-bond acceptors (Lipinski definition) is 1. The molecule has 0 atom stereocenters. The maximum atomic E-state index is 12.5. The Morgan fingerprint density at radius 1 is 1.00 bits per heavy atom. The first-order valence-electron chi connectivity index (χ1n) is 5.00. The van der Waals surface area contributed by atoms with E-state index in [0.717, 1.165) is 10.8 Å². The van der Waals surface area contributed by atoms with Crippen molar-refractivity contribution < 1.29 is 13.2 Å². The highest BCUT2D eigenvalue weighted by atomic mass is 19.4. The van der Waals surface area contributed by atoms with E-state index in [0.29, 0.717) is 11.0 Å². The summed E-state index contributed by atoms with van der Waals surface area (Å²) in [5, 5.41) is 1.59. The summed E-state index contributed by atoms with van der Waals surface area (Å²) in [5.74, 6) is -0.955. The lowest BCUT2D eigenvalue weighted by atomic mass is 10.1. The van der Waals surface area contributed by atoms with Gasteiger partial charge in [-0.3, -0.25) is 0 Å². The van der Waals surface area contributed by atoms with Crippen LogP contribution in [0.4, 0.5) is 13.2 Å². The molecular formula is C12H7F3N2. The molecule has 3 rings (SSSR count). The van der Waals surface area contributed by atoms with Gasteiger partial charge in [-0.25, -0.2) is 4.98 Å². The quantitative estimate of drug-likeness (QED) is 0.632. The average molecular weight is 236 g/mol. The summed E-state index contributed by atoms with van der Waals surface area (Å²) in [6.45, 7) is 0. The van der Waals surface area contributed by atoms with Gasteiger partial charge in [-0.15, -0.1) is 0 Å². The minimum absolute atomic E-state index is 0.357. The Morgan fingerprint density at radius 2 is 1.76 bits per heavy atom. The molecule has 2 nitrogen and oxygen atoms in total. The Bertz CT molecular complexity index is 698. The molecule has 1 aromatic heterocycles. The standard InChI is InChI=1S/C12H7F3N2/c13-12(14,15)11-16-9-6-5-7-3-1-2-4-8(7)10(9)17-11/h1-6H,(H,16,17). The van der Waals surface area contributed by atoms with Crippen molar-refractivity contribution in [2.45, 2.75) is 6.18 Å². The first-order chi connectivity index (χ1) is 8.05. The number of nitrogens with one attached hydrogen (secondary N) is 1. The lowest BCUT2D eigenvalue weighted by Crippen LogP contribution is -2.06. The third-order valence-corrected chi connectivity index (χ3v) is 2.65. The summed E-state index contributed by atoms with van der Waals surface area (Å²) in [6, 6.07) is 10.6. The molecule has 0 aliphatic rings. The van der Waals surface area contributed by atoms with Crippen molar-refractivity contribution in [3.8, 4) is 0 Å². The molecule has 0 aliphatic carbocycles. The molecule has 0 aliphatic heterocycles. The number of aromatic amines is 1. The van der Waals surface area contributed by atoms with Crippen molar-refractivity contribution in [3.05, 3.63) is 42.2 Å². The number of fused-ring (bicyclic) bond motifs is 3. The molecule has 0 bridgehead atoms. The van der Waals surface area contributed by atoms with Crippen LogP contribution in [0.2, 0.25) is 0 Å². The van der Waals surface area contributed by atoms with E-state index >= 15 is 0 Å². The van der Waals surface area contributed by atoms with Gasteiger partial charge in [0.25, 0.3) is 0 Å². The van der Waals surface area contributed by atoms with Gasteiger partial charge < -0.3 is 4.98 Å². The Balaban J connectivity index is 2.39. The predicted molar refractivity (Wildman–Crippen MR) is 58.6 cm³/mol. The van der Waals surface area contributed by atoms with Crippen LogP contribution in [0.3, 0.4) is 0 Å². The molecule has 0 spiro atoms. The summed E-state index contributed by atoms with van der Waals surface area (Å²) in [6.07, 6.45) is -4.44. The number of halogens is 3. The lowest BCUT2D eigenvalue weighted by molar-refractivity contribution is -0.144. The fourth-order valence-corrected chi connectivity index (χ4v) is 1.88. The van der Waals surface area contributed by atoms with Gasteiger partial charge in [0.15, 0.2) is 0 Å². The van der Waals surface area contributed by atoms with Crippen LogP contribution in [0, 0.1) is 0 Å². The number of aromatic nitrogens is 2. The van der Waals surface area contributed by atoms with Crippen LogP contribution in [-0.4, -0.2) is 9.97 Å². The third kappa shape index (κ3) is 1.54. The molecule has 0 radical (unpaired) electrons. The predicted octanol–water partition coefficient (Wildman–Crippen LogP) is 3.73. The van der Waals surface area contributed by atoms with E-state index in [-0.39, 0.29) is 0 Å². The van der Waals surface area contributed by atoms with Gasteiger partial charge in [-0.05, 0) is 11.5 Å². The second-order valence-corrected chi connectivity index (χ2v) is 3.77. The maximum absolute atomic E-state index is 12.5. The van der Waals surface area contributed by atoms with E-state index in [1.807, 2.05) is 12.1 Å². The topological polar surface area (TPSA) is 28.7 Å². The van der Waals surface area contributed by atoms with Gasteiger partial charge in [-0.2, -0.15) is 13.2 Å². The number of alkyl halides is 3. The molecule has 0 saturated heterocycles. The molecule has 17 heavy (non-hydrogen) atoms. The van der Waals surface area contributed by atoms with E-state index in [4.69, 9.17) is 0 Å². The minimum Gasteiger partial charge on any atom is -0.334 e. The van der Waals surface area contributed by atoms with Crippen molar-refractivity contribution in [2.24, 2.45) is 0 Å². The fourth-order valence-electron chi connectivity index (χ4n) is 1.88.